The Morgan fingerprint density at radius 2 is 1.73 bits per heavy atom. The lowest BCUT2D eigenvalue weighted by molar-refractivity contribution is -0.0628. The second-order valence-electron chi connectivity index (χ2n) is 7.86. The van der Waals surface area contributed by atoms with Crippen LogP contribution in [0, 0.1) is 6.92 Å². The zero-order valence-corrected chi connectivity index (χ0v) is 16.9. The molecule has 3 aromatic rings. The number of hydrogen-bond donors (Lipinski definition) is 1. The van der Waals surface area contributed by atoms with Crippen LogP contribution in [0.25, 0.3) is 21.9 Å². The number of aliphatic hydroxyl groups is 1. The lowest BCUT2D eigenvalue weighted by Crippen LogP contribution is -2.44. The summed E-state index contributed by atoms with van der Waals surface area (Å²) in [5.41, 5.74) is 1.96. The number of ether oxygens (including phenoxy) is 1. The van der Waals surface area contributed by atoms with E-state index >= 15 is 0 Å². The Morgan fingerprint density at radius 3 is 2.47 bits per heavy atom. The molecule has 5 nitrogen and oxygen atoms in total. The predicted molar refractivity (Wildman–Crippen MR) is 112 cm³/mol. The quantitative estimate of drug-likeness (QED) is 0.660. The Hall–Kier alpha value is -2.64. The van der Waals surface area contributed by atoms with Gasteiger partial charge >= 0.3 is 0 Å². The molecule has 0 bridgehead atoms. The maximum absolute atomic E-state index is 13.2. The molecule has 1 saturated heterocycles. The number of hydrogen-bond acceptors (Lipinski definition) is 5. The normalized spacial score (nSPS) is 17.7. The Morgan fingerprint density at radius 1 is 1.03 bits per heavy atom. The van der Waals surface area contributed by atoms with Crippen molar-refractivity contribution in [3.63, 3.8) is 0 Å². The van der Waals surface area contributed by atoms with Gasteiger partial charge in [-0.15, -0.1) is 0 Å². The molecule has 0 amide bonds. The van der Waals surface area contributed by atoms with Gasteiger partial charge in [-0.1, -0.05) is 18.2 Å². The van der Waals surface area contributed by atoms with Gasteiger partial charge in [0, 0.05) is 50.4 Å². The van der Waals surface area contributed by atoms with Crippen LogP contribution >= 0.6 is 0 Å². The fourth-order valence-electron chi connectivity index (χ4n) is 3.64. The molecule has 0 radical (unpaired) electrons. The van der Waals surface area contributed by atoms with E-state index in [1.165, 1.54) is 0 Å². The fourth-order valence-corrected chi connectivity index (χ4v) is 3.64. The van der Waals surface area contributed by atoms with Crippen LogP contribution in [0.1, 0.15) is 18.7 Å². The summed E-state index contributed by atoms with van der Waals surface area (Å²) in [4.78, 5) is 10.4. The van der Waals surface area contributed by atoms with Crippen LogP contribution in [0.2, 0.25) is 0 Å². The molecule has 1 N–H and O–H groups in total. The maximum atomic E-state index is 13.2. The van der Waals surface area contributed by atoms with Crippen molar-refractivity contribution in [2.24, 2.45) is 0 Å². The molecular weight excluding hydrogens is 388 g/mol. The molecular formula is C23H25F2N3O2. The number of piperidine rings is 1. The van der Waals surface area contributed by atoms with E-state index in [9.17, 15) is 13.9 Å². The minimum atomic E-state index is -2.58. The van der Waals surface area contributed by atoms with Crippen molar-refractivity contribution in [3.8, 4) is 16.9 Å². The molecule has 2 heterocycles. The molecule has 1 atom stereocenters. The first kappa shape index (κ1) is 20.6. The van der Waals surface area contributed by atoms with E-state index in [2.05, 4.69) is 16.0 Å². The summed E-state index contributed by atoms with van der Waals surface area (Å²) in [5.74, 6) is -1.19. The number of nitrogens with zero attached hydrogens (tertiary/aromatic N) is 3. The molecule has 1 unspecified atom stereocenters. The van der Waals surface area contributed by atoms with E-state index in [4.69, 9.17) is 4.74 Å². The predicted octanol–water partition coefficient (Wildman–Crippen LogP) is 4.08. The summed E-state index contributed by atoms with van der Waals surface area (Å²) < 4.78 is 32.3. The zero-order chi connectivity index (χ0) is 21.1. The van der Waals surface area contributed by atoms with E-state index in [1.54, 1.807) is 12.4 Å². The van der Waals surface area contributed by atoms with Crippen LogP contribution in [0.4, 0.5) is 8.78 Å². The Labute approximate surface area is 174 Å². The molecule has 0 spiro atoms. The standard InChI is InChI=1S/C23H25F2N3O2/c1-16-26-12-20(13-27-16)18-3-2-17-4-5-22(11-19(17)10-18)30-15-21(29)14-28-8-6-23(24,25)7-9-28/h2-5,10-13,21,29H,6-9,14-15H2,1H3. The van der Waals surface area contributed by atoms with Crippen molar-refractivity contribution >= 4 is 10.8 Å². The first-order valence-corrected chi connectivity index (χ1v) is 10.1. The molecule has 158 valence electrons. The van der Waals surface area contributed by atoms with E-state index in [0.717, 1.165) is 27.7 Å². The molecule has 30 heavy (non-hydrogen) atoms. The molecule has 1 aliphatic rings. The van der Waals surface area contributed by atoms with Gasteiger partial charge in [-0.25, -0.2) is 18.7 Å². The summed E-state index contributed by atoms with van der Waals surface area (Å²) in [6.07, 6.45) is 2.57. The minimum absolute atomic E-state index is 0.115. The average molecular weight is 413 g/mol. The Bertz CT molecular complexity index is 1000. The third-order valence-electron chi connectivity index (χ3n) is 5.42. The summed E-state index contributed by atoms with van der Waals surface area (Å²) in [5, 5.41) is 12.3. The first-order chi connectivity index (χ1) is 14.4. The van der Waals surface area contributed by atoms with Gasteiger partial charge in [-0.05, 0) is 41.5 Å². The van der Waals surface area contributed by atoms with Crippen LogP contribution in [-0.2, 0) is 0 Å². The molecule has 4 rings (SSSR count). The van der Waals surface area contributed by atoms with Crippen molar-refractivity contribution < 1.29 is 18.6 Å². The number of aliphatic hydroxyl groups excluding tert-OH is 1. The average Bonchev–Trinajstić information content (AvgIpc) is 2.74. The SMILES string of the molecule is Cc1ncc(-c2ccc3ccc(OCC(O)CN4CCC(F)(F)CC4)cc3c2)cn1. The van der Waals surface area contributed by atoms with Gasteiger partial charge in [-0.3, -0.25) is 0 Å². The first-order valence-electron chi connectivity index (χ1n) is 10.1. The smallest absolute Gasteiger partial charge is 0.250 e. The number of benzene rings is 2. The summed E-state index contributed by atoms with van der Waals surface area (Å²) in [6.45, 7) is 2.89. The van der Waals surface area contributed by atoms with Gasteiger partial charge in [-0.2, -0.15) is 0 Å². The van der Waals surface area contributed by atoms with Gasteiger partial charge in [0.05, 0.1) is 0 Å². The van der Waals surface area contributed by atoms with Crippen molar-refractivity contribution in [2.75, 3.05) is 26.2 Å². The molecule has 1 aliphatic heterocycles. The van der Waals surface area contributed by atoms with Crippen LogP contribution in [-0.4, -0.2) is 58.2 Å². The number of β-amino-alcohol motifs (C(OH)–C–C–N with tert-alkyl or cyclic N) is 1. The van der Waals surface area contributed by atoms with Crippen LogP contribution in [0.3, 0.4) is 0 Å². The molecule has 0 saturated carbocycles. The van der Waals surface area contributed by atoms with E-state index in [-0.39, 0.29) is 19.4 Å². The summed E-state index contributed by atoms with van der Waals surface area (Å²) >= 11 is 0. The van der Waals surface area contributed by atoms with E-state index in [0.29, 0.717) is 25.4 Å². The van der Waals surface area contributed by atoms with Gasteiger partial charge in [0.2, 0.25) is 0 Å². The molecule has 1 fully saturated rings. The van der Waals surface area contributed by atoms with Gasteiger partial charge in [0.25, 0.3) is 5.92 Å². The number of fused-ring (bicyclic) bond motifs is 1. The van der Waals surface area contributed by atoms with Crippen LogP contribution < -0.4 is 4.74 Å². The van der Waals surface area contributed by atoms with Crippen molar-refractivity contribution in [1.29, 1.82) is 0 Å². The second-order valence-corrected chi connectivity index (χ2v) is 7.86. The monoisotopic (exact) mass is 413 g/mol. The number of alkyl halides is 2. The number of aromatic nitrogens is 2. The molecule has 7 heteroatoms. The Kier molecular flexibility index (Phi) is 5.92. The summed E-state index contributed by atoms with van der Waals surface area (Å²) in [7, 11) is 0. The van der Waals surface area contributed by atoms with Crippen molar-refractivity contribution in [3.05, 3.63) is 54.6 Å². The third-order valence-corrected chi connectivity index (χ3v) is 5.42. The number of aryl methyl sites for hydroxylation is 1. The zero-order valence-electron chi connectivity index (χ0n) is 16.9. The van der Waals surface area contributed by atoms with Crippen LogP contribution in [0.5, 0.6) is 5.75 Å². The van der Waals surface area contributed by atoms with Gasteiger partial charge in [0.15, 0.2) is 0 Å². The minimum Gasteiger partial charge on any atom is -0.491 e. The molecule has 2 aromatic carbocycles. The Balaban J connectivity index is 1.38. The lowest BCUT2D eigenvalue weighted by Gasteiger charge is -2.32. The number of likely N-dealkylation sites (tertiary alicyclic amines) is 1. The third kappa shape index (κ3) is 5.09. The highest BCUT2D eigenvalue weighted by Gasteiger charge is 2.34. The number of halogens is 2. The lowest BCUT2D eigenvalue weighted by atomic mass is 10.0. The van der Waals surface area contributed by atoms with Crippen molar-refractivity contribution in [2.45, 2.75) is 31.8 Å². The van der Waals surface area contributed by atoms with E-state index < -0.39 is 12.0 Å². The topological polar surface area (TPSA) is 58.5 Å². The maximum Gasteiger partial charge on any atom is 0.250 e. The fraction of sp³-hybridized carbons (Fsp3) is 0.391. The van der Waals surface area contributed by atoms with Crippen LogP contribution in [0.15, 0.2) is 48.8 Å². The van der Waals surface area contributed by atoms with E-state index in [1.807, 2.05) is 42.2 Å². The largest absolute Gasteiger partial charge is 0.491 e. The highest BCUT2D eigenvalue weighted by atomic mass is 19.3. The second kappa shape index (κ2) is 8.62. The summed E-state index contributed by atoms with van der Waals surface area (Å²) in [6, 6.07) is 11.9. The number of rotatable bonds is 6. The molecule has 1 aromatic heterocycles. The van der Waals surface area contributed by atoms with Crippen molar-refractivity contribution in [1.82, 2.24) is 14.9 Å². The molecule has 0 aliphatic carbocycles. The van der Waals surface area contributed by atoms with Gasteiger partial charge in [0.1, 0.15) is 24.3 Å². The van der Waals surface area contributed by atoms with Gasteiger partial charge < -0.3 is 14.7 Å². The highest BCUT2D eigenvalue weighted by molar-refractivity contribution is 5.88. The highest BCUT2D eigenvalue weighted by Crippen LogP contribution is 2.28.